The minimum Gasteiger partial charge on any atom is -0.364 e. The molecular formula is C18H18N4O2. The third kappa shape index (κ3) is 3.03. The summed E-state index contributed by atoms with van der Waals surface area (Å²) in [5.41, 5.74) is 4.24. The summed E-state index contributed by atoms with van der Waals surface area (Å²) in [6, 6.07) is 10.0. The normalized spacial score (nSPS) is 16.9. The van der Waals surface area contributed by atoms with Crippen LogP contribution in [0.1, 0.15) is 18.2 Å². The molecule has 3 rings (SSSR count). The number of dihydropyridines is 1. The number of rotatable bonds is 3. The molecule has 0 spiro atoms. The molecule has 0 radical (unpaired) electrons. The largest absolute Gasteiger partial charge is 0.364 e. The van der Waals surface area contributed by atoms with Crippen molar-refractivity contribution in [1.82, 2.24) is 15.1 Å². The zero-order chi connectivity index (χ0) is 17.3. The van der Waals surface area contributed by atoms with Crippen molar-refractivity contribution >= 4 is 11.7 Å². The molecule has 0 saturated carbocycles. The molecule has 2 aromatic rings. The molecule has 1 aromatic carbocycles. The van der Waals surface area contributed by atoms with E-state index in [2.05, 4.69) is 15.6 Å². The molecule has 6 nitrogen and oxygen atoms in total. The lowest BCUT2D eigenvalue weighted by Gasteiger charge is -2.21. The highest BCUT2D eigenvalue weighted by molar-refractivity contribution is 5.98. The summed E-state index contributed by atoms with van der Waals surface area (Å²) in [5, 5.41) is 10.3. The fourth-order valence-electron chi connectivity index (χ4n) is 2.70. The predicted molar refractivity (Wildman–Crippen MR) is 92.9 cm³/mol. The van der Waals surface area contributed by atoms with Crippen molar-refractivity contribution in [2.24, 2.45) is 5.18 Å². The third-order valence-corrected chi connectivity index (χ3v) is 3.83. The SMILES string of the molecule is Cc1ccc(-c2cc(C)nn2C2=CC(C(=O)N=O)=CC(C)N2)cc1. The van der Waals surface area contributed by atoms with Gasteiger partial charge < -0.3 is 5.32 Å². The highest BCUT2D eigenvalue weighted by Gasteiger charge is 2.20. The third-order valence-electron chi connectivity index (χ3n) is 3.83. The van der Waals surface area contributed by atoms with Crippen LogP contribution in [0.25, 0.3) is 17.1 Å². The average molecular weight is 322 g/mol. The van der Waals surface area contributed by atoms with Gasteiger partial charge in [-0.3, -0.25) is 4.79 Å². The van der Waals surface area contributed by atoms with E-state index in [9.17, 15) is 9.70 Å². The maximum Gasteiger partial charge on any atom is 0.316 e. The van der Waals surface area contributed by atoms with Gasteiger partial charge in [0.15, 0.2) is 0 Å². The van der Waals surface area contributed by atoms with Crippen molar-refractivity contribution in [3.8, 4) is 11.3 Å². The van der Waals surface area contributed by atoms with Crippen molar-refractivity contribution in [2.75, 3.05) is 0 Å². The first-order valence-corrected chi connectivity index (χ1v) is 7.70. The molecule has 1 aliphatic rings. The number of carbonyl (C=O) groups excluding carboxylic acids is 1. The van der Waals surface area contributed by atoms with Crippen LogP contribution in [0, 0.1) is 18.8 Å². The van der Waals surface area contributed by atoms with E-state index in [-0.39, 0.29) is 11.6 Å². The molecule has 0 aliphatic carbocycles. The molecule has 6 heteroatoms. The van der Waals surface area contributed by atoms with Crippen LogP contribution in [0.5, 0.6) is 0 Å². The van der Waals surface area contributed by atoms with E-state index < -0.39 is 5.91 Å². The van der Waals surface area contributed by atoms with Gasteiger partial charge in [-0.05, 0) is 39.0 Å². The summed E-state index contributed by atoms with van der Waals surface area (Å²) in [6.07, 6.45) is 3.28. The molecule has 0 fully saturated rings. The lowest BCUT2D eigenvalue weighted by Crippen LogP contribution is -2.30. The number of aryl methyl sites for hydroxylation is 2. The first kappa shape index (κ1) is 15.9. The lowest BCUT2D eigenvalue weighted by molar-refractivity contribution is -0.114. The molecule has 122 valence electrons. The zero-order valence-electron chi connectivity index (χ0n) is 13.8. The van der Waals surface area contributed by atoms with Crippen molar-refractivity contribution in [1.29, 1.82) is 0 Å². The molecule has 1 aromatic heterocycles. The standard InChI is InChI=1S/C18H18N4O2/c1-11-4-6-14(7-5-11)16-9-13(3)20-22(16)17-10-15(18(23)21-24)8-12(2)19-17/h4-10,12,19H,1-3H3. The van der Waals surface area contributed by atoms with Gasteiger partial charge in [-0.1, -0.05) is 29.8 Å². The number of aromatic nitrogens is 2. The maximum absolute atomic E-state index is 11.6. The number of nitrogens with one attached hydrogen (secondary N) is 1. The van der Waals surface area contributed by atoms with Crippen LogP contribution in [0.2, 0.25) is 0 Å². The number of carbonyl (C=O) groups is 1. The minimum absolute atomic E-state index is 0.110. The Labute approximate surface area is 139 Å². The van der Waals surface area contributed by atoms with Gasteiger partial charge in [-0.25, -0.2) is 4.68 Å². The topological polar surface area (TPSA) is 76.3 Å². The van der Waals surface area contributed by atoms with E-state index in [0.29, 0.717) is 5.82 Å². The first-order chi connectivity index (χ1) is 11.5. The van der Waals surface area contributed by atoms with E-state index in [1.807, 2.05) is 51.1 Å². The monoisotopic (exact) mass is 322 g/mol. The Morgan fingerprint density at radius 2 is 1.96 bits per heavy atom. The second-order valence-electron chi connectivity index (χ2n) is 5.93. The van der Waals surface area contributed by atoms with Gasteiger partial charge >= 0.3 is 5.91 Å². The van der Waals surface area contributed by atoms with Crippen LogP contribution in [0.3, 0.4) is 0 Å². The molecular weight excluding hydrogens is 304 g/mol. The quantitative estimate of drug-likeness (QED) is 0.881. The smallest absolute Gasteiger partial charge is 0.316 e. The number of hydrogen-bond acceptors (Lipinski definition) is 4. The molecule has 0 saturated heterocycles. The minimum atomic E-state index is -0.776. The number of hydrogen-bond donors (Lipinski definition) is 1. The molecule has 2 heterocycles. The Bertz CT molecular complexity index is 860. The van der Waals surface area contributed by atoms with E-state index in [4.69, 9.17) is 0 Å². The highest BCUT2D eigenvalue weighted by Crippen LogP contribution is 2.25. The predicted octanol–water partition coefficient (Wildman–Crippen LogP) is 3.18. The van der Waals surface area contributed by atoms with Crippen LogP contribution in [-0.4, -0.2) is 21.7 Å². The van der Waals surface area contributed by atoms with Gasteiger partial charge in [0.05, 0.1) is 11.4 Å². The first-order valence-electron chi connectivity index (χ1n) is 7.70. The second-order valence-corrected chi connectivity index (χ2v) is 5.93. The summed E-state index contributed by atoms with van der Waals surface area (Å²) in [4.78, 5) is 22.2. The highest BCUT2D eigenvalue weighted by atomic mass is 16.3. The summed E-state index contributed by atoms with van der Waals surface area (Å²) in [5.74, 6) is -0.137. The summed E-state index contributed by atoms with van der Waals surface area (Å²) < 4.78 is 1.75. The average Bonchev–Trinajstić information content (AvgIpc) is 2.96. The fraction of sp³-hybridized carbons (Fsp3) is 0.222. The zero-order valence-corrected chi connectivity index (χ0v) is 13.8. The van der Waals surface area contributed by atoms with Gasteiger partial charge in [0.1, 0.15) is 5.82 Å². The number of nitrogens with zero attached hydrogens (tertiary/aromatic N) is 3. The summed E-state index contributed by atoms with van der Waals surface area (Å²) in [6.45, 7) is 5.84. The molecule has 1 unspecified atom stereocenters. The van der Waals surface area contributed by atoms with Gasteiger partial charge in [0.2, 0.25) is 0 Å². The summed E-state index contributed by atoms with van der Waals surface area (Å²) >= 11 is 0. The lowest BCUT2D eigenvalue weighted by atomic mass is 10.1. The van der Waals surface area contributed by atoms with E-state index in [1.165, 1.54) is 5.56 Å². The van der Waals surface area contributed by atoms with Gasteiger partial charge in [0, 0.05) is 22.4 Å². The van der Waals surface area contributed by atoms with Crippen LogP contribution in [0.4, 0.5) is 0 Å². The number of amides is 1. The molecule has 0 bridgehead atoms. The molecule has 1 amide bonds. The van der Waals surface area contributed by atoms with Gasteiger partial charge in [-0.2, -0.15) is 5.10 Å². The van der Waals surface area contributed by atoms with E-state index >= 15 is 0 Å². The van der Waals surface area contributed by atoms with Gasteiger partial charge in [0.25, 0.3) is 0 Å². The van der Waals surface area contributed by atoms with Crippen molar-refractivity contribution < 1.29 is 4.79 Å². The molecule has 1 atom stereocenters. The maximum atomic E-state index is 11.6. The van der Waals surface area contributed by atoms with Crippen LogP contribution in [-0.2, 0) is 4.79 Å². The van der Waals surface area contributed by atoms with Crippen molar-refractivity contribution in [2.45, 2.75) is 26.8 Å². The number of nitroso groups, excluding NO2 is 1. The second kappa shape index (κ2) is 6.23. The molecule has 24 heavy (non-hydrogen) atoms. The van der Waals surface area contributed by atoms with E-state index in [1.54, 1.807) is 16.8 Å². The van der Waals surface area contributed by atoms with E-state index in [0.717, 1.165) is 17.0 Å². The Morgan fingerprint density at radius 3 is 2.62 bits per heavy atom. The Morgan fingerprint density at radius 1 is 1.25 bits per heavy atom. The molecule has 1 aliphatic heterocycles. The molecule has 1 N–H and O–H groups in total. The van der Waals surface area contributed by atoms with Crippen molar-refractivity contribution in [3.63, 3.8) is 0 Å². The Balaban J connectivity index is 2.08. The fourth-order valence-corrected chi connectivity index (χ4v) is 2.70. The van der Waals surface area contributed by atoms with Crippen LogP contribution in [0.15, 0.2) is 53.2 Å². The van der Waals surface area contributed by atoms with Gasteiger partial charge in [-0.15, -0.1) is 4.91 Å². The summed E-state index contributed by atoms with van der Waals surface area (Å²) in [7, 11) is 0. The van der Waals surface area contributed by atoms with Crippen molar-refractivity contribution in [3.05, 3.63) is 64.2 Å². The van der Waals surface area contributed by atoms with Crippen LogP contribution < -0.4 is 5.32 Å². The van der Waals surface area contributed by atoms with Crippen LogP contribution >= 0.6 is 0 Å². The Hall–Kier alpha value is -3.02. The number of benzene rings is 1. The Kier molecular flexibility index (Phi) is 4.12.